The van der Waals surface area contributed by atoms with Crippen molar-refractivity contribution in [3.8, 4) is 0 Å². The van der Waals surface area contributed by atoms with Gasteiger partial charge in [-0.2, -0.15) is 0 Å². The number of fused-ring (bicyclic) bond motifs is 1. The number of aromatic nitrogens is 1. The number of carbonyl (C=O) groups excluding carboxylic acids is 1. The van der Waals surface area contributed by atoms with E-state index in [1.165, 1.54) is 5.56 Å². The molecule has 2 atom stereocenters. The van der Waals surface area contributed by atoms with Crippen LogP contribution in [0.4, 0.5) is 0 Å². The average Bonchev–Trinajstić information content (AvgIpc) is 2.77. The number of rotatable bonds is 4. The Morgan fingerprint density at radius 1 is 1.30 bits per heavy atom. The summed E-state index contributed by atoms with van der Waals surface area (Å²) in [6.45, 7) is 4.90. The summed E-state index contributed by atoms with van der Waals surface area (Å²) in [5, 5.41) is 8.93. The molecular formula is C17H25N3O3. The summed E-state index contributed by atoms with van der Waals surface area (Å²) in [6.07, 6.45) is 4.96. The highest BCUT2D eigenvalue weighted by atomic mass is 16.5. The van der Waals surface area contributed by atoms with Crippen LogP contribution in [0, 0.1) is 5.92 Å². The van der Waals surface area contributed by atoms with Gasteiger partial charge in [-0.3, -0.25) is 14.7 Å². The molecule has 0 aliphatic carbocycles. The Balaban J connectivity index is 1.57. The van der Waals surface area contributed by atoms with Gasteiger partial charge in [-0.1, -0.05) is 0 Å². The number of ether oxygens (including phenoxy) is 1. The Kier molecular flexibility index (Phi) is 5.59. The van der Waals surface area contributed by atoms with Gasteiger partial charge in [0.15, 0.2) is 0 Å². The van der Waals surface area contributed by atoms with E-state index in [2.05, 4.69) is 22.0 Å². The van der Waals surface area contributed by atoms with Crippen molar-refractivity contribution >= 4 is 5.91 Å². The fourth-order valence-electron chi connectivity index (χ4n) is 3.49. The van der Waals surface area contributed by atoms with Crippen molar-refractivity contribution in [2.75, 3.05) is 39.4 Å². The van der Waals surface area contributed by atoms with Gasteiger partial charge in [0.25, 0.3) is 0 Å². The first kappa shape index (κ1) is 16.4. The first-order chi connectivity index (χ1) is 11.3. The Hall–Kier alpha value is -1.50. The molecule has 2 saturated heterocycles. The van der Waals surface area contributed by atoms with E-state index in [4.69, 9.17) is 9.84 Å². The SMILES string of the molecule is O=C(CCO)N1CC[C@H]2CN(Cc3ccncc3)CCO[C@H]2C1. The Morgan fingerprint density at radius 2 is 2.13 bits per heavy atom. The lowest BCUT2D eigenvalue weighted by molar-refractivity contribution is -0.137. The summed E-state index contributed by atoms with van der Waals surface area (Å²) >= 11 is 0. The molecule has 23 heavy (non-hydrogen) atoms. The molecular weight excluding hydrogens is 294 g/mol. The number of nitrogens with zero attached hydrogens (tertiary/aromatic N) is 3. The van der Waals surface area contributed by atoms with Crippen molar-refractivity contribution in [1.29, 1.82) is 0 Å². The van der Waals surface area contributed by atoms with Gasteiger partial charge in [0, 0.05) is 57.5 Å². The molecule has 0 radical (unpaired) electrons. The Labute approximate surface area is 137 Å². The Bertz CT molecular complexity index is 511. The van der Waals surface area contributed by atoms with Gasteiger partial charge in [-0.25, -0.2) is 0 Å². The van der Waals surface area contributed by atoms with Gasteiger partial charge in [0.05, 0.1) is 19.3 Å². The summed E-state index contributed by atoms with van der Waals surface area (Å²) in [5.41, 5.74) is 1.27. The molecule has 0 unspecified atom stereocenters. The number of aliphatic hydroxyl groups is 1. The van der Waals surface area contributed by atoms with Crippen molar-refractivity contribution in [2.45, 2.75) is 25.5 Å². The predicted molar refractivity (Wildman–Crippen MR) is 85.6 cm³/mol. The molecule has 6 heteroatoms. The first-order valence-corrected chi connectivity index (χ1v) is 8.38. The van der Waals surface area contributed by atoms with Crippen LogP contribution in [0.15, 0.2) is 24.5 Å². The molecule has 0 saturated carbocycles. The van der Waals surface area contributed by atoms with Crippen molar-refractivity contribution in [3.63, 3.8) is 0 Å². The van der Waals surface area contributed by atoms with Crippen LogP contribution in [0.5, 0.6) is 0 Å². The van der Waals surface area contributed by atoms with Crippen LogP contribution in [0.3, 0.4) is 0 Å². The molecule has 3 rings (SSSR count). The molecule has 2 fully saturated rings. The van der Waals surface area contributed by atoms with E-state index < -0.39 is 0 Å². The fraction of sp³-hybridized carbons (Fsp3) is 0.647. The highest BCUT2D eigenvalue weighted by Crippen LogP contribution is 2.25. The molecule has 1 aromatic rings. The number of likely N-dealkylation sites (tertiary alicyclic amines) is 1. The van der Waals surface area contributed by atoms with Gasteiger partial charge in [-0.15, -0.1) is 0 Å². The molecule has 1 N–H and O–H groups in total. The van der Waals surface area contributed by atoms with Gasteiger partial charge in [0.2, 0.25) is 5.91 Å². The topological polar surface area (TPSA) is 65.9 Å². The maximum atomic E-state index is 12.0. The summed E-state index contributed by atoms with van der Waals surface area (Å²) in [5.74, 6) is 0.505. The highest BCUT2D eigenvalue weighted by molar-refractivity contribution is 5.76. The van der Waals surface area contributed by atoms with Crippen molar-refractivity contribution in [3.05, 3.63) is 30.1 Å². The van der Waals surface area contributed by atoms with Crippen LogP contribution in [0.25, 0.3) is 0 Å². The number of aliphatic hydroxyl groups excluding tert-OH is 1. The molecule has 126 valence electrons. The second-order valence-corrected chi connectivity index (χ2v) is 6.36. The lowest BCUT2D eigenvalue weighted by Gasteiger charge is -2.38. The monoisotopic (exact) mass is 319 g/mol. The minimum Gasteiger partial charge on any atom is -0.396 e. The summed E-state index contributed by atoms with van der Waals surface area (Å²) in [4.78, 5) is 20.3. The zero-order valence-electron chi connectivity index (χ0n) is 13.4. The molecule has 0 spiro atoms. The van der Waals surface area contributed by atoms with Gasteiger partial charge in [-0.05, 0) is 24.1 Å². The molecule has 0 bridgehead atoms. The van der Waals surface area contributed by atoms with E-state index in [0.29, 0.717) is 19.1 Å². The van der Waals surface area contributed by atoms with Crippen LogP contribution in [0.2, 0.25) is 0 Å². The number of hydrogen-bond acceptors (Lipinski definition) is 5. The molecule has 1 amide bonds. The highest BCUT2D eigenvalue weighted by Gasteiger charge is 2.34. The summed E-state index contributed by atoms with van der Waals surface area (Å²) < 4.78 is 6.02. The second-order valence-electron chi connectivity index (χ2n) is 6.36. The molecule has 1 aromatic heterocycles. The van der Waals surface area contributed by atoms with Crippen LogP contribution in [0.1, 0.15) is 18.4 Å². The van der Waals surface area contributed by atoms with Crippen LogP contribution in [-0.2, 0) is 16.1 Å². The van der Waals surface area contributed by atoms with E-state index in [0.717, 1.165) is 32.6 Å². The molecule has 2 aliphatic heterocycles. The predicted octanol–water partition coefficient (Wildman–Crippen LogP) is 0.513. The second kappa shape index (κ2) is 7.86. The minimum atomic E-state index is -0.0794. The number of carbonyl (C=O) groups is 1. The largest absolute Gasteiger partial charge is 0.396 e. The van der Waals surface area contributed by atoms with E-state index in [9.17, 15) is 4.79 Å². The van der Waals surface area contributed by atoms with Crippen molar-refractivity contribution < 1.29 is 14.6 Å². The average molecular weight is 319 g/mol. The fourth-order valence-corrected chi connectivity index (χ4v) is 3.49. The lowest BCUT2D eigenvalue weighted by Crippen LogP contribution is -2.49. The third-order valence-electron chi connectivity index (χ3n) is 4.76. The zero-order valence-corrected chi connectivity index (χ0v) is 13.4. The van der Waals surface area contributed by atoms with Crippen molar-refractivity contribution in [1.82, 2.24) is 14.8 Å². The Morgan fingerprint density at radius 3 is 2.91 bits per heavy atom. The smallest absolute Gasteiger partial charge is 0.224 e. The number of hydrogen-bond donors (Lipinski definition) is 1. The van der Waals surface area contributed by atoms with Gasteiger partial charge < -0.3 is 14.7 Å². The quantitative estimate of drug-likeness (QED) is 0.876. The van der Waals surface area contributed by atoms with E-state index in [-0.39, 0.29) is 25.0 Å². The first-order valence-electron chi connectivity index (χ1n) is 8.38. The van der Waals surface area contributed by atoms with Crippen LogP contribution in [-0.4, -0.2) is 71.3 Å². The van der Waals surface area contributed by atoms with Gasteiger partial charge in [0.1, 0.15) is 0 Å². The molecule has 2 aliphatic rings. The normalized spacial score (nSPS) is 25.7. The van der Waals surface area contributed by atoms with E-state index in [1.54, 1.807) is 0 Å². The maximum Gasteiger partial charge on any atom is 0.224 e. The summed E-state index contributed by atoms with van der Waals surface area (Å²) in [7, 11) is 0. The van der Waals surface area contributed by atoms with Crippen molar-refractivity contribution in [2.24, 2.45) is 5.92 Å². The number of piperidine rings is 1. The molecule has 0 aromatic carbocycles. The zero-order chi connectivity index (χ0) is 16.1. The third-order valence-corrected chi connectivity index (χ3v) is 4.76. The number of amides is 1. The van der Waals surface area contributed by atoms with E-state index >= 15 is 0 Å². The van der Waals surface area contributed by atoms with Crippen LogP contribution < -0.4 is 0 Å². The molecule has 3 heterocycles. The summed E-state index contributed by atoms with van der Waals surface area (Å²) in [6, 6.07) is 4.11. The van der Waals surface area contributed by atoms with E-state index in [1.807, 2.05) is 17.3 Å². The standard InChI is InChI=1S/C17H25N3O3/c21-9-4-17(22)20-7-3-15-12-19(8-10-23-16(15)13-20)11-14-1-5-18-6-2-14/h1-2,5-6,15-16,21H,3-4,7-13H2/t15-,16-/m0/s1. The van der Waals surface area contributed by atoms with Gasteiger partial charge >= 0.3 is 0 Å². The maximum absolute atomic E-state index is 12.0. The lowest BCUT2D eigenvalue weighted by atomic mass is 9.93. The molecule has 6 nitrogen and oxygen atoms in total. The number of pyridine rings is 1. The minimum absolute atomic E-state index is 0.0347. The van der Waals surface area contributed by atoms with Crippen LogP contribution >= 0.6 is 0 Å². The third kappa shape index (κ3) is 4.28.